The van der Waals surface area contributed by atoms with Gasteiger partial charge < -0.3 is 9.80 Å². The highest BCUT2D eigenvalue weighted by atomic mass is 15.5. The standard InChI is InChI=1S/C33H41N5/c1-6-36(7-2)29-19-13-27(14-20-29)17-23-31-26(5)32(38(35-31)33-12-10-11-25-34-33)24-18-28-15-21-30(22-16-28)37(8-3)9-4/h10-26,32H,6-9H2,1-5H3. The maximum absolute atomic E-state index is 5.01. The summed E-state index contributed by atoms with van der Waals surface area (Å²) < 4.78 is 0. The highest BCUT2D eigenvalue weighted by Gasteiger charge is 2.32. The first-order chi connectivity index (χ1) is 18.6. The zero-order valence-corrected chi connectivity index (χ0v) is 23.5. The Morgan fingerprint density at radius 2 is 1.26 bits per heavy atom. The van der Waals surface area contributed by atoms with Crippen molar-refractivity contribution in [3.05, 3.63) is 96.2 Å². The van der Waals surface area contributed by atoms with Crippen molar-refractivity contribution in [1.82, 2.24) is 4.98 Å². The van der Waals surface area contributed by atoms with Crippen molar-refractivity contribution in [3.63, 3.8) is 0 Å². The second-order valence-electron chi connectivity index (χ2n) is 9.56. The summed E-state index contributed by atoms with van der Waals surface area (Å²) in [6.45, 7) is 15.1. The van der Waals surface area contributed by atoms with Crippen LogP contribution in [0.4, 0.5) is 17.2 Å². The number of hydrogen-bond donors (Lipinski definition) is 0. The predicted molar refractivity (Wildman–Crippen MR) is 165 cm³/mol. The van der Waals surface area contributed by atoms with E-state index in [0.29, 0.717) is 0 Å². The number of hydrazone groups is 1. The first kappa shape index (κ1) is 27.2. The molecule has 0 radical (unpaired) electrons. The molecule has 0 saturated carbocycles. The van der Waals surface area contributed by atoms with E-state index in [9.17, 15) is 0 Å². The summed E-state index contributed by atoms with van der Waals surface area (Å²) in [7, 11) is 0. The van der Waals surface area contributed by atoms with Gasteiger partial charge in [0.05, 0.1) is 11.8 Å². The SMILES string of the molecule is CCN(CC)c1ccc(C=CC2=NN(c3ccccn3)C(C=Cc3ccc(N(CC)CC)cc3)C2C)cc1. The van der Waals surface area contributed by atoms with Crippen LogP contribution in [0.5, 0.6) is 0 Å². The Morgan fingerprint density at radius 3 is 1.76 bits per heavy atom. The van der Waals surface area contributed by atoms with Gasteiger partial charge in [-0.15, -0.1) is 0 Å². The summed E-state index contributed by atoms with van der Waals surface area (Å²) in [5.74, 6) is 1.08. The van der Waals surface area contributed by atoms with Gasteiger partial charge in [0.1, 0.15) is 5.82 Å². The first-order valence-corrected chi connectivity index (χ1v) is 13.9. The second kappa shape index (κ2) is 13.1. The minimum Gasteiger partial charge on any atom is -0.372 e. The molecule has 1 aromatic heterocycles. The molecule has 1 aliphatic heterocycles. The Morgan fingerprint density at radius 1 is 0.711 bits per heavy atom. The molecular weight excluding hydrogens is 466 g/mol. The number of allylic oxidation sites excluding steroid dienone is 1. The van der Waals surface area contributed by atoms with Crippen molar-refractivity contribution in [2.24, 2.45) is 11.0 Å². The molecule has 198 valence electrons. The van der Waals surface area contributed by atoms with Gasteiger partial charge in [-0.05, 0) is 81.3 Å². The average Bonchev–Trinajstić information content (AvgIpc) is 3.28. The molecule has 0 spiro atoms. The lowest BCUT2D eigenvalue weighted by molar-refractivity contribution is 0.653. The minimum atomic E-state index is 0.0806. The van der Waals surface area contributed by atoms with E-state index in [1.54, 1.807) is 0 Å². The third kappa shape index (κ3) is 6.34. The molecule has 0 amide bonds. The molecule has 38 heavy (non-hydrogen) atoms. The number of rotatable bonds is 11. The lowest BCUT2D eigenvalue weighted by Crippen LogP contribution is -2.30. The quantitative estimate of drug-likeness (QED) is 0.271. The van der Waals surface area contributed by atoms with Crippen molar-refractivity contribution in [2.45, 2.75) is 40.7 Å². The molecule has 0 N–H and O–H groups in total. The molecule has 0 bridgehead atoms. The van der Waals surface area contributed by atoms with Crippen molar-refractivity contribution < 1.29 is 0 Å². The van der Waals surface area contributed by atoms with E-state index >= 15 is 0 Å². The van der Waals surface area contributed by atoms with Gasteiger partial charge in [0.25, 0.3) is 0 Å². The number of hydrogen-bond acceptors (Lipinski definition) is 5. The van der Waals surface area contributed by atoms with E-state index in [1.165, 1.54) is 22.5 Å². The Bertz CT molecular complexity index is 1220. The van der Waals surface area contributed by atoms with Crippen molar-refractivity contribution in [1.29, 1.82) is 0 Å². The highest BCUT2D eigenvalue weighted by molar-refractivity contribution is 6.02. The zero-order valence-electron chi connectivity index (χ0n) is 23.5. The van der Waals surface area contributed by atoms with Crippen LogP contribution in [0.3, 0.4) is 0 Å². The smallest absolute Gasteiger partial charge is 0.149 e. The Hall–Kier alpha value is -3.86. The molecule has 2 heterocycles. The summed E-state index contributed by atoms with van der Waals surface area (Å²) in [5, 5.41) is 7.06. The average molecular weight is 508 g/mol. The zero-order chi connectivity index (χ0) is 26.9. The summed E-state index contributed by atoms with van der Waals surface area (Å²) in [5.41, 5.74) is 5.93. The monoisotopic (exact) mass is 507 g/mol. The van der Waals surface area contributed by atoms with E-state index in [1.807, 2.05) is 24.4 Å². The van der Waals surface area contributed by atoms with Gasteiger partial charge in [-0.2, -0.15) is 5.10 Å². The third-order valence-corrected chi connectivity index (χ3v) is 7.34. The number of pyridine rings is 1. The summed E-state index contributed by atoms with van der Waals surface area (Å²) in [4.78, 5) is 9.31. The van der Waals surface area contributed by atoms with E-state index in [4.69, 9.17) is 5.10 Å². The first-order valence-electron chi connectivity index (χ1n) is 13.9. The summed E-state index contributed by atoms with van der Waals surface area (Å²) in [6.07, 6.45) is 10.6. The molecule has 0 aliphatic carbocycles. The molecular formula is C33H41N5. The van der Waals surface area contributed by atoms with Gasteiger partial charge in [0, 0.05) is 49.7 Å². The molecule has 2 unspecified atom stereocenters. The molecule has 0 saturated heterocycles. The van der Waals surface area contributed by atoms with Crippen LogP contribution in [0.15, 0.2) is 90.2 Å². The van der Waals surface area contributed by atoms with Gasteiger partial charge >= 0.3 is 0 Å². The largest absolute Gasteiger partial charge is 0.372 e. The van der Waals surface area contributed by atoms with Gasteiger partial charge in [-0.3, -0.25) is 0 Å². The topological polar surface area (TPSA) is 35.0 Å². The van der Waals surface area contributed by atoms with Gasteiger partial charge in [-0.25, -0.2) is 9.99 Å². The van der Waals surface area contributed by atoms with Crippen LogP contribution in [0, 0.1) is 5.92 Å². The Labute approximate surface area is 228 Å². The molecule has 3 aromatic rings. The molecule has 5 heteroatoms. The van der Waals surface area contributed by atoms with Crippen molar-refractivity contribution >= 4 is 35.1 Å². The van der Waals surface area contributed by atoms with Crippen LogP contribution in [0.1, 0.15) is 45.7 Å². The molecule has 4 rings (SSSR count). The predicted octanol–water partition coefficient (Wildman–Crippen LogP) is 7.38. The number of benzene rings is 2. The van der Waals surface area contributed by atoms with Crippen LogP contribution in [-0.4, -0.2) is 42.9 Å². The minimum absolute atomic E-state index is 0.0806. The molecule has 2 atom stereocenters. The lowest BCUT2D eigenvalue weighted by Gasteiger charge is -2.23. The van der Waals surface area contributed by atoms with Crippen LogP contribution in [0.25, 0.3) is 12.2 Å². The van der Waals surface area contributed by atoms with Crippen LogP contribution in [0.2, 0.25) is 0 Å². The number of aromatic nitrogens is 1. The number of anilines is 3. The lowest BCUT2D eigenvalue weighted by atomic mass is 9.95. The highest BCUT2D eigenvalue weighted by Crippen LogP contribution is 2.29. The molecule has 5 nitrogen and oxygen atoms in total. The molecule has 0 fully saturated rings. The van der Waals surface area contributed by atoms with Crippen molar-refractivity contribution in [3.8, 4) is 0 Å². The van der Waals surface area contributed by atoms with Crippen molar-refractivity contribution in [2.75, 3.05) is 41.0 Å². The van der Waals surface area contributed by atoms with E-state index in [0.717, 1.165) is 37.7 Å². The van der Waals surface area contributed by atoms with Crippen LogP contribution < -0.4 is 14.8 Å². The maximum Gasteiger partial charge on any atom is 0.149 e. The van der Waals surface area contributed by atoms with Crippen LogP contribution in [-0.2, 0) is 0 Å². The molecule has 1 aliphatic rings. The fourth-order valence-electron chi connectivity index (χ4n) is 4.96. The van der Waals surface area contributed by atoms with E-state index < -0.39 is 0 Å². The maximum atomic E-state index is 5.01. The number of nitrogens with zero attached hydrogens (tertiary/aromatic N) is 5. The third-order valence-electron chi connectivity index (χ3n) is 7.34. The molecule has 2 aromatic carbocycles. The Kier molecular flexibility index (Phi) is 9.36. The Balaban J connectivity index is 1.54. The van der Waals surface area contributed by atoms with Crippen LogP contribution >= 0.6 is 0 Å². The van der Waals surface area contributed by atoms with Gasteiger partial charge in [-0.1, -0.05) is 55.5 Å². The van der Waals surface area contributed by atoms with Gasteiger partial charge in [0.2, 0.25) is 0 Å². The second-order valence-corrected chi connectivity index (χ2v) is 9.56. The summed E-state index contributed by atoms with van der Waals surface area (Å²) >= 11 is 0. The van der Waals surface area contributed by atoms with Gasteiger partial charge in [0.15, 0.2) is 0 Å². The van der Waals surface area contributed by atoms with E-state index in [2.05, 4.69) is 127 Å². The summed E-state index contributed by atoms with van der Waals surface area (Å²) in [6, 6.07) is 23.6. The van der Waals surface area contributed by atoms with E-state index in [-0.39, 0.29) is 12.0 Å². The fourth-order valence-corrected chi connectivity index (χ4v) is 4.96. The fraction of sp³-hybridized carbons (Fsp3) is 0.333. The normalized spacial score (nSPS) is 17.4.